The Morgan fingerprint density at radius 1 is 1.39 bits per heavy atom. The average molecular weight is 267 g/mol. The Kier molecular flexibility index (Phi) is 5.13. The second-order valence-electron chi connectivity index (χ2n) is 5.18. The van der Waals surface area contributed by atoms with E-state index in [9.17, 15) is 0 Å². The first-order valence-corrected chi connectivity index (χ1v) is 8.28. The number of hydrogen-bond donors (Lipinski definition) is 1. The molecule has 0 radical (unpaired) electrons. The minimum Gasteiger partial charge on any atom is -0.334 e. The van der Waals surface area contributed by atoms with Gasteiger partial charge >= 0.3 is 0 Å². The molecule has 1 saturated carbocycles. The lowest BCUT2D eigenvalue weighted by molar-refractivity contribution is 0.377. The van der Waals surface area contributed by atoms with Crippen molar-refractivity contribution in [1.82, 2.24) is 14.9 Å². The van der Waals surface area contributed by atoms with Gasteiger partial charge in [-0.3, -0.25) is 0 Å². The lowest BCUT2D eigenvalue weighted by atomic mass is 9.88. The van der Waals surface area contributed by atoms with E-state index in [1.165, 1.54) is 32.1 Å². The minimum absolute atomic E-state index is 0.474. The number of aromatic nitrogens is 2. The van der Waals surface area contributed by atoms with E-state index in [-0.39, 0.29) is 0 Å². The monoisotopic (exact) mass is 267 g/mol. The number of imidazole rings is 1. The SMILES string of the molecule is CCn1ccnc1CNCC1(SC)CCCCC1. The van der Waals surface area contributed by atoms with E-state index >= 15 is 0 Å². The van der Waals surface area contributed by atoms with Crippen molar-refractivity contribution in [3.63, 3.8) is 0 Å². The maximum absolute atomic E-state index is 4.41. The van der Waals surface area contributed by atoms with E-state index in [2.05, 4.69) is 46.0 Å². The van der Waals surface area contributed by atoms with Gasteiger partial charge in [-0.05, 0) is 26.0 Å². The van der Waals surface area contributed by atoms with Crippen LogP contribution in [-0.2, 0) is 13.1 Å². The van der Waals surface area contributed by atoms with Crippen molar-refractivity contribution >= 4 is 11.8 Å². The molecule has 4 heteroatoms. The summed E-state index contributed by atoms with van der Waals surface area (Å²) in [5.74, 6) is 1.16. The topological polar surface area (TPSA) is 29.9 Å². The van der Waals surface area contributed by atoms with Crippen molar-refractivity contribution < 1.29 is 0 Å². The second kappa shape index (κ2) is 6.62. The van der Waals surface area contributed by atoms with Crippen LogP contribution in [0.15, 0.2) is 12.4 Å². The molecule has 102 valence electrons. The third kappa shape index (κ3) is 3.29. The molecule has 0 bridgehead atoms. The van der Waals surface area contributed by atoms with Gasteiger partial charge in [0.15, 0.2) is 0 Å². The van der Waals surface area contributed by atoms with Gasteiger partial charge in [0.1, 0.15) is 5.82 Å². The maximum atomic E-state index is 4.41. The van der Waals surface area contributed by atoms with Crippen LogP contribution >= 0.6 is 11.8 Å². The Labute approximate surface area is 115 Å². The largest absolute Gasteiger partial charge is 0.334 e. The first kappa shape index (κ1) is 13.9. The summed E-state index contributed by atoms with van der Waals surface area (Å²) < 4.78 is 2.68. The predicted octanol–water partition coefficient (Wildman–Crippen LogP) is 3.06. The predicted molar refractivity (Wildman–Crippen MR) is 78.9 cm³/mol. The minimum atomic E-state index is 0.474. The molecule has 0 aromatic carbocycles. The van der Waals surface area contributed by atoms with E-state index in [0.717, 1.165) is 25.5 Å². The van der Waals surface area contributed by atoms with Crippen molar-refractivity contribution in [2.24, 2.45) is 0 Å². The quantitative estimate of drug-likeness (QED) is 0.859. The van der Waals surface area contributed by atoms with Gasteiger partial charge < -0.3 is 9.88 Å². The highest BCUT2D eigenvalue weighted by molar-refractivity contribution is 8.00. The molecule has 1 N–H and O–H groups in total. The average Bonchev–Trinajstić information content (AvgIpc) is 2.87. The van der Waals surface area contributed by atoms with E-state index in [1.54, 1.807) is 0 Å². The molecule has 1 aliphatic rings. The molecule has 1 aromatic rings. The van der Waals surface area contributed by atoms with E-state index in [0.29, 0.717) is 4.75 Å². The highest BCUT2D eigenvalue weighted by atomic mass is 32.2. The summed E-state index contributed by atoms with van der Waals surface area (Å²) in [6.45, 7) is 5.17. The van der Waals surface area contributed by atoms with Crippen molar-refractivity contribution in [2.45, 2.75) is 56.9 Å². The van der Waals surface area contributed by atoms with Gasteiger partial charge in [0, 0.05) is 30.2 Å². The summed E-state index contributed by atoms with van der Waals surface area (Å²) in [7, 11) is 0. The molecular formula is C14H25N3S. The summed E-state index contributed by atoms with van der Waals surface area (Å²) in [6.07, 6.45) is 13.2. The Balaban J connectivity index is 1.83. The van der Waals surface area contributed by atoms with Crippen LogP contribution in [-0.4, -0.2) is 27.1 Å². The fourth-order valence-electron chi connectivity index (χ4n) is 2.85. The van der Waals surface area contributed by atoms with Crippen LogP contribution in [0.5, 0.6) is 0 Å². The van der Waals surface area contributed by atoms with Gasteiger partial charge in [0.25, 0.3) is 0 Å². The molecule has 0 amide bonds. The summed E-state index contributed by atoms with van der Waals surface area (Å²) in [5.41, 5.74) is 0. The number of thioether (sulfide) groups is 1. The molecular weight excluding hydrogens is 242 g/mol. The Bertz CT molecular complexity index is 356. The van der Waals surface area contributed by atoms with Gasteiger partial charge in [-0.2, -0.15) is 11.8 Å². The van der Waals surface area contributed by atoms with Crippen LogP contribution in [0.25, 0.3) is 0 Å². The summed E-state index contributed by atoms with van der Waals surface area (Å²) in [4.78, 5) is 4.41. The van der Waals surface area contributed by atoms with Gasteiger partial charge in [-0.1, -0.05) is 19.3 Å². The first-order valence-electron chi connectivity index (χ1n) is 7.05. The second-order valence-corrected chi connectivity index (χ2v) is 6.46. The lowest BCUT2D eigenvalue weighted by Gasteiger charge is -2.36. The number of nitrogens with one attached hydrogen (secondary N) is 1. The Hall–Kier alpha value is -0.480. The fraction of sp³-hybridized carbons (Fsp3) is 0.786. The van der Waals surface area contributed by atoms with Gasteiger partial charge in [0.2, 0.25) is 0 Å². The standard InChI is InChI=1S/C14H25N3S/c1-3-17-10-9-16-13(17)11-15-12-14(18-2)7-5-4-6-8-14/h9-10,15H,3-8,11-12H2,1-2H3. The van der Waals surface area contributed by atoms with Crippen LogP contribution in [0.4, 0.5) is 0 Å². The van der Waals surface area contributed by atoms with Crippen LogP contribution in [0.1, 0.15) is 44.9 Å². The zero-order valence-corrected chi connectivity index (χ0v) is 12.4. The van der Waals surface area contributed by atoms with E-state index < -0.39 is 0 Å². The lowest BCUT2D eigenvalue weighted by Crippen LogP contribution is -2.39. The first-order chi connectivity index (χ1) is 8.79. The number of nitrogens with zero attached hydrogens (tertiary/aromatic N) is 2. The smallest absolute Gasteiger partial charge is 0.122 e. The number of rotatable bonds is 6. The third-order valence-electron chi connectivity index (χ3n) is 4.07. The van der Waals surface area contributed by atoms with Crippen molar-refractivity contribution in [3.8, 4) is 0 Å². The van der Waals surface area contributed by atoms with Crippen LogP contribution in [0.3, 0.4) is 0 Å². The molecule has 0 saturated heterocycles. The number of hydrogen-bond acceptors (Lipinski definition) is 3. The van der Waals surface area contributed by atoms with Gasteiger partial charge in [-0.25, -0.2) is 4.98 Å². The van der Waals surface area contributed by atoms with E-state index in [4.69, 9.17) is 0 Å². The Morgan fingerprint density at radius 3 is 2.83 bits per heavy atom. The van der Waals surface area contributed by atoms with Crippen LogP contribution in [0.2, 0.25) is 0 Å². The van der Waals surface area contributed by atoms with E-state index in [1.807, 2.05) is 6.20 Å². The summed E-state index contributed by atoms with van der Waals surface area (Å²) in [6, 6.07) is 0. The molecule has 0 aliphatic heterocycles. The zero-order chi connectivity index (χ0) is 12.8. The highest BCUT2D eigenvalue weighted by Crippen LogP contribution is 2.37. The molecule has 1 aliphatic carbocycles. The Morgan fingerprint density at radius 2 is 2.17 bits per heavy atom. The van der Waals surface area contributed by atoms with Gasteiger partial charge in [0.05, 0.1) is 6.54 Å². The molecule has 1 aromatic heterocycles. The number of aryl methyl sites for hydroxylation is 1. The van der Waals surface area contributed by atoms with Crippen molar-refractivity contribution in [3.05, 3.63) is 18.2 Å². The molecule has 0 spiro atoms. The fourth-order valence-corrected chi connectivity index (χ4v) is 3.79. The van der Waals surface area contributed by atoms with Crippen molar-refractivity contribution in [2.75, 3.05) is 12.8 Å². The van der Waals surface area contributed by atoms with Gasteiger partial charge in [-0.15, -0.1) is 0 Å². The normalized spacial score (nSPS) is 19.0. The highest BCUT2D eigenvalue weighted by Gasteiger charge is 2.30. The zero-order valence-electron chi connectivity index (χ0n) is 11.6. The maximum Gasteiger partial charge on any atom is 0.122 e. The molecule has 0 atom stereocenters. The molecule has 18 heavy (non-hydrogen) atoms. The molecule has 0 unspecified atom stereocenters. The molecule has 2 rings (SSSR count). The third-order valence-corrected chi connectivity index (χ3v) is 5.49. The molecule has 1 fully saturated rings. The van der Waals surface area contributed by atoms with Crippen molar-refractivity contribution in [1.29, 1.82) is 0 Å². The van der Waals surface area contributed by atoms with Crippen LogP contribution in [0, 0.1) is 0 Å². The molecule has 3 nitrogen and oxygen atoms in total. The summed E-state index contributed by atoms with van der Waals surface area (Å²) in [5, 5.41) is 3.62. The van der Waals surface area contributed by atoms with Crippen LogP contribution < -0.4 is 5.32 Å². The summed E-state index contributed by atoms with van der Waals surface area (Å²) >= 11 is 2.05. The molecule has 1 heterocycles.